The van der Waals surface area contributed by atoms with E-state index in [1.807, 2.05) is 9.97 Å². The van der Waals surface area contributed by atoms with Crippen LogP contribution in [0.25, 0.3) is 0 Å². The van der Waals surface area contributed by atoms with Gasteiger partial charge in [-0.25, -0.2) is 9.97 Å². The Morgan fingerprint density at radius 3 is 1.51 bits per heavy atom. The second-order valence-electron chi connectivity index (χ2n) is 18.4. The van der Waals surface area contributed by atoms with Crippen molar-refractivity contribution in [3.8, 4) is 12.0 Å². The minimum atomic E-state index is -1.92. The number of rotatable bonds is 27. The van der Waals surface area contributed by atoms with Crippen molar-refractivity contribution in [2.45, 2.75) is 113 Å². The molecule has 7 amide bonds. The quantitative estimate of drug-likeness (QED) is 0.0337. The molecule has 17 N–H and O–H groups in total. The molecule has 0 saturated carbocycles. The summed E-state index contributed by atoms with van der Waals surface area (Å²) in [5, 5.41) is 83.2. The average Bonchev–Trinajstić information content (AvgIpc) is 3.67. The van der Waals surface area contributed by atoms with Crippen molar-refractivity contribution in [3.05, 3.63) is 69.0 Å². The van der Waals surface area contributed by atoms with Crippen molar-refractivity contribution in [1.82, 2.24) is 57.2 Å². The van der Waals surface area contributed by atoms with E-state index in [1.54, 1.807) is 0 Å². The summed E-state index contributed by atoms with van der Waals surface area (Å²) >= 11 is 0. The highest BCUT2D eigenvalue weighted by atomic mass is 19.1. The van der Waals surface area contributed by atoms with E-state index >= 15 is 0 Å². The zero-order chi connectivity index (χ0) is 62.4. The van der Waals surface area contributed by atoms with Gasteiger partial charge in [0, 0.05) is 24.2 Å². The second kappa shape index (κ2) is 33.1. The van der Waals surface area contributed by atoms with Gasteiger partial charge in [-0.05, 0) is 65.0 Å². The monoisotopic (exact) mass is 1200 g/mol. The van der Waals surface area contributed by atoms with Crippen LogP contribution in [-0.2, 0) is 52.6 Å². The molecule has 5 rings (SSSR count). The van der Waals surface area contributed by atoms with E-state index in [-0.39, 0.29) is 62.6 Å². The molecule has 3 aromatic rings. The fourth-order valence-electron chi connectivity index (χ4n) is 7.42. The van der Waals surface area contributed by atoms with Crippen molar-refractivity contribution in [3.63, 3.8) is 0 Å². The lowest BCUT2D eigenvalue weighted by Crippen LogP contribution is -2.66. The van der Waals surface area contributed by atoms with Crippen molar-refractivity contribution >= 4 is 64.3 Å². The maximum Gasteiger partial charge on any atom is 0.299 e. The molecule has 0 radical (unpaired) electrons. The fraction of sp³-hybridized carbons (Fsp3) is 0.521. The number of nitrogens with one attached hydrogen (secondary N) is 11. The van der Waals surface area contributed by atoms with Gasteiger partial charge < -0.3 is 97.4 Å². The van der Waals surface area contributed by atoms with E-state index in [0.29, 0.717) is 18.1 Å². The first-order chi connectivity index (χ1) is 39.7. The number of carbonyl (C=O) groups excluding carboxylic acids is 9. The molecule has 0 bridgehead atoms. The summed E-state index contributed by atoms with van der Waals surface area (Å²) in [6.45, 7) is 0.703. The van der Waals surface area contributed by atoms with Crippen LogP contribution >= 0.6 is 0 Å². The Balaban J connectivity index is 0.000000367. The van der Waals surface area contributed by atoms with Crippen LogP contribution in [0.5, 0.6) is 12.0 Å². The largest absolute Gasteiger partial charge is 0.432 e. The normalized spacial score (nSPS) is 22.4. The maximum atomic E-state index is 13.2. The number of likely N-dealkylation sites (N-methyl/N-ethyl adjacent to an activating group) is 2. The minimum absolute atomic E-state index is 0.0143. The third-order valence-electron chi connectivity index (χ3n) is 12.0. The van der Waals surface area contributed by atoms with Gasteiger partial charge in [0.15, 0.2) is 6.10 Å². The van der Waals surface area contributed by atoms with Crippen molar-refractivity contribution < 1.29 is 102 Å². The number of nitrogens with zero attached hydrogens (tertiary/aromatic N) is 2. The number of aliphatic hydroxyl groups excluding tert-OH is 6. The van der Waals surface area contributed by atoms with Crippen LogP contribution in [-0.4, -0.2) is 224 Å². The number of aliphatic hydroxyl groups is 6. The van der Waals surface area contributed by atoms with E-state index in [2.05, 4.69) is 57.8 Å². The van der Waals surface area contributed by atoms with E-state index in [1.165, 1.54) is 52.2 Å². The van der Waals surface area contributed by atoms with Gasteiger partial charge in [0.2, 0.25) is 59.7 Å². The number of ether oxygens (including phenoxy) is 4. The van der Waals surface area contributed by atoms with Crippen molar-refractivity contribution in [1.29, 1.82) is 0 Å². The van der Waals surface area contributed by atoms with Gasteiger partial charge in [-0.15, -0.1) is 0 Å². The summed E-state index contributed by atoms with van der Waals surface area (Å²) in [7, 11) is 2.99. The van der Waals surface area contributed by atoms with Crippen LogP contribution in [0.4, 0.5) is 20.2 Å². The molecule has 462 valence electrons. The van der Waals surface area contributed by atoms with Gasteiger partial charge in [0.05, 0.1) is 57.3 Å². The summed E-state index contributed by atoms with van der Waals surface area (Å²) in [5.41, 5.74) is -1.87. The van der Waals surface area contributed by atoms with Gasteiger partial charge in [-0.1, -0.05) is 0 Å². The Labute approximate surface area is 473 Å². The molecule has 2 aliphatic heterocycles. The average molecular weight is 1200 g/mol. The highest BCUT2D eigenvalue weighted by molar-refractivity contribution is 5.97. The molecular weight excluding hydrogens is 1130 g/mol. The molecule has 34 nitrogen and oxygen atoms in total. The van der Waals surface area contributed by atoms with E-state index in [0.717, 1.165) is 0 Å². The number of aromatic amines is 2. The fourth-order valence-corrected chi connectivity index (χ4v) is 7.42. The molecule has 2 saturated heterocycles. The van der Waals surface area contributed by atoms with Gasteiger partial charge in [0.25, 0.3) is 29.0 Å². The number of hydrogen-bond donors (Lipinski definition) is 17. The summed E-state index contributed by atoms with van der Waals surface area (Å²) in [6, 6.07) is 1.43. The summed E-state index contributed by atoms with van der Waals surface area (Å²) < 4.78 is 47.5. The predicted molar refractivity (Wildman–Crippen MR) is 279 cm³/mol. The Bertz CT molecular complexity index is 2900. The topological polar surface area (TPSA) is 512 Å². The molecule has 2 aromatic heterocycles. The van der Waals surface area contributed by atoms with Crippen molar-refractivity contribution in [2.75, 3.05) is 57.5 Å². The van der Waals surface area contributed by atoms with E-state index in [9.17, 15) is 92.2 Å². The van der Waals surface area contributed by atoms with Gasteiger partial charge in [0.1, 0.15) is 54.2 Å². The first-order valence-corrected chi connectivity index (χ1v) is 25.3. The first kappa shape index (κ1) is 68.2. The Morgan fingerprint density at radius 2 is 1.06 bits per heavy atom. The van der Waals surface area contributed by atoms with Crippen LogP contribution < -0.4 is 68.4 Å². The zero-order valence-corrected chi connectivity index (χ0v) is 45.2. The molecule has 1 aromatic carbocycles. The third kappa shape index (κ3) is 21.1. The van der Waals surface area contributed by atoms with Crippen LogP contribution in [0, 0.1) is 11.6 Å². The lowest BCUT2D eigenvalue weighted by molar-refractivity contribution is -0.266. The summed E-state index contributed by atoms with van der Waals surface area (Å²) in [6.07, 6.45) is -14.3. The second-order valence-corrected chi connectivity index (χ2v) is 18.4. The first-order valence-electron chi connectivity index (χ1n) is 25.3. The molecule has 2 fully saturated rings. The smallest absolute Gasteiger partial charge is 0.299 e. The third-order valence-corrected chi connectivity index (χ3v) is 12.0. The lowest BCUT2D eigenvalue weighted by atomic mass is 9.97. The number of halogens is 2. The molecule has 36 heteroatoms. The molecule has 0 aliphatic carbocycles. The number of hydrogen-bond acceptors (Lipinski definition) is 25. The Morgan fingerprint density at radius 1 is 0.595 bits per heavy atom. The highest BCUT2D eigenvalue weighted by Crippen LogP contribution is 2.25. The SMILES string of the molecule is CNC(CCC(=O)NCC(C)=O)C(=O)NCC(=O)NC1C(Oc2ncc(F)c(=O)[nH]2)OC(CO)C(O)C1O.CNC(CCC(=O)NCC(C)=O)C(=O)NCC(=O)Nc1ccc(NC(=O)C2OC(Oc3ncc(F)c(=O)[nH]3)C(O)C(O)C2O)cc1. The van der Waals surface area contributed by atoms with Gasteiger partial charge in [-0.2, -0.15) is 8.78 Å². The summed E-state index contributed by atoms with van der Waals surface area (Å²) in [5.74, 6) is -7.17. The molecule has 84 heavy (non-hydrogen) atoms. The van der Waals surface area contributed by atoms with E-state index in [4.69, 9.17) is 18.9 Å². The molecule has 4 heterocycles. The number of carbonyl (C=O) groups is 9. The highest BCUT2D eigenvalue weighted by Gasteiger charge is 2.49. The molecule has 2 aliphatic rings. The van der Waals surface area contributed by atoms with Crippen LogP contribution in [0.1, 0.15) is 39.5 Å². The molecule has 12 atom stereocenters. The van der Waals surface area contributed by atoms with Gasteiger partial charge in [-0.3, -0.25) is 62.7 Å². The molecule has 0 spiro atoms. The zero-order valence-electron chi connectivity index (χ0n) is 45.2. The number of Topliss-reactive ketones (excluding diaryl/α,β-unsaturated/α-hetero) is 2. The Hall–Kier alpha value is -8.33. The van der Waals surface area contributed by atoms with Crippen molar-refractivity contribution in [2.24, 2.45) is 0 Å². The van der Waals surface area contributed by atoms with Crippen LogP contribution in [0.2, 0.25) is 0 Å². The Kier molecular flexibility index (Phi) is 26.9. The number of ketones is 2. The lowest BCUT2D eigenvalue weighted by Gasteiger charge is -2.41. The van der Waals surface area contributed by atoms with E-state index < -0.39 is 163 Å². The molecular formula is C48H65F2N13O21. The summed E-state index contributed by atoms with van der Waals surface area (Å²) in [4.78, 5) is 142. The molecule has 12 unspecified atom stereocenters. The number of H-pyrrole nitrogens is 2. The predicted octanol–water partition coefficient (Wildman–Crippen LogP) is -7.74. The number of aromatic nitrogens is 4. The number of benzene rings is 1. The minimum Gasteiger partial charge on any atom is -0.432 e. The van der Waals surface area contributed by atoms with Gasteiger partial charge >= 0.3 is 0 Å². The number of anilines is 2. The number of amides is 7. The maximum absolute atomic E-state index is 13.2. The van der Waals surface area contributed by atoms with Crippen LogP contribution in [0.15, 0.2) is 46.2 Å². The van der Waals surface area contributed by atoms with Crippen LogP contribution in [0.3, 0.4) is 0 Å². The standard InChI is InChI=1S/C27H34FN7O11.C21H31FN6O10/c1-12(36)9-30-17(37)8-7-16(29-2)24(43)31-11-18(38)33-13-3-5-14(6-4-13)34-25(44)22-20(40)19(39)21(41)26(45-22)46-27-32-10-15(28)23(42)35-27;1-9(30)5-24-13(31)4-3-11(23-2)19(36)25-7-14(32)27-15-17(34)16(33)12(8-29)37-20(15)38-21-26-6-10(22)18(35)28-21/h3-6,10,16,19-22,26,29,39-41H,7-9,11H2,1-2H3,(H,30,37)(H,31,43)(H,33,38)(H,34,44)(H,32,35,42);6,11-12,15-17,20,23,29,33-34H,3-5,7-8H2,1-2H3,(H,24,31)(H,25,36)(H,27,32)(H,26,28,35).